The second kappa shape index (κ2) is 7.06. The maximum atomic E-state index is 10.4. The molecule has 0 rings (SSSR count). The smallest absolute Gasteiger partial charge is 0.210 e. The molecule has 11 heavy (non-hydrogen) atoms. The molecule has 2 heteroatoms. The minimum absolute atomic E-state index is 0.699. The summed E-state index contributed by atoms with van der Waals surface area (Å²) in [4.78, 5) is 12.1. The van der Waals surface area contributed by atoms with Gasteiger partial charge in [0.1, 0.15) is 0 Å². The van der Waals surface area contributed by atoms with Gasteiger partial charge in [0.15, 0.2) is 0 Å². The highest BCUT2D eigenvalue weighted by Crippen LogP contribution is 1.85. The summed E-state index contributed by atoms with van der Waals surface area (Å²) < 4.78 is 0. The Bertz CT molecular complexity index is 136. The Labute approximate surface area is 68.2 Å². The van der Waals surface area contributed by atoms with Crippen LogP contribution in [0.3, 0.4) is 0 Å². The highest BCUT2D eigenvalue weighted by molar-refractivity contribution is 5.47. The van der Waals surface area contributed by atoms with Crippen molar-refractivity contribution in [1.82, 2.24) is 4.90 Å². The van der Waals surface area contributed by atoms with Gasteiger partial charge in [-0.1, -0.05) is 24.3 Å². The van der Waals surface area contributed by atoms with E-state index in [1.54, 1.807) is 4.90 Å². The van der Waals surface area contributed by atoms with E-state index in [2.05, 4.69) is 0 Å². The van der Waals surface area contributed by atoms with Crippen molar-refractivity contribution < 1.29 is 4.79 Å². The van der Waals surface area contributed by atoms with Gasteiger partial charge >= 0.3 is 0 Å². The van der Waals surface area contributed by atoms with Crippen LogP contribution in [0.4, 0.5) is 0 Å². The van der Waals surface area contributed by atoms with Crippen molar-refractivity contribution >= 4 is 6.41 Å². The van der Waals surface area contributed by atoms with Gasteiger partial charge in [-0.05, 0) is 13.8 Å². The van der Waals surface area contributed by atoms with Gasteiger partial charge in [-0.2, -0.15) is 0 Å². The zero-order chi connectivity index (χ0) is 8.53. The van der Waals surface area contributed by atoms with E-state index in [0.29, 0.717) is 13.1 Å². The van der Waals surface area contributed by atoms with Crippen molar-refractivity contribution in [2.75, 3.05) is 13.1 Å². The molecule has 0 N–H and O–H groups in total. The molecule has 62 valence electrons. The van der Waals surface area contributed by atoms with Crippen molar-refractivity contribution in [3.8, 4) is 0 Å². The van der Waals surface area contributed by atoms with E-state index in [1.807, 2.05) is 38.2 Å². The average molecular weight is 153 g/mol. The molecule has 0 heterocycles. The molecule has 0 aromatic heterocycles. The topological polar surface area (TPSA) is 20.3 Å². The van der Waals surface area contributed by atoms with Gasteiger partial charge in [-0.3, -0.25) is 4.79 Å². The molecule has 0 fully saturated rings. The van der Waals surface area contributed by atoms with Crippen LogP contribution in [-0.4, -0.2) is 24.4 Å². The molecule has 0 aromatic rings. The summed E-state index contributed by atoms with van der Waals surface area (Å²) in [6.07, 6.45) is 8.65. The number of hydrogen-bond donors (Lipinski definition) is 0. The SMILES string of the molecule is CC=CCN(C=O)CC=CC. The lowest BCUT2D eigenvalue weighted by molar-refractivity contribution is -0.117. The van der Waals surface area contributed by atoms with E-state index in [0.717, 1.165) is 6.41 Å². The molecule has 2 nitrogen and oxygen atoms in total. The molecule has 0 aliphatic heterocycles. The van der Waals surface area contributed by atoms with Crippen LogP contribution in [0.25, 0.3) is 0 Å². The van der Waals surface area contributed by atoms with Crippen LogP contribution in [0.15, 0.2) is 24.3 Å². The van der Waals surface area contributed by atoms with Gasteiger partial charge in [0.2, 0.25) is 6.41 Å². The molecular formula is C9H15NO. The third-order valence-electron chi connectivity index (χ3n) is 1.30. The molecule has 0 spiro atoms. The summed E-state index contributed by atoms with van der Waals surface area (Å²) in [7, 11) is 0. The first-order chi connectivity index (χ1) is 5.35. The first kappa shape index (κ1) is 9.95. The average Bonchev–Trinajstić information content (AvgIpc) is 2.05. The van der Waals surface area contributed by atoms with Crippen molar-refractivity contribution in [3.63, 3.8) is 0 Å². The minimum Gasteiger partial charge on any atom is -0.338 e. The molecule has 0 aliphatic carbocycles. The number of rotatable bonds is 5. The fourth-order valence-corrected chi connectivity index (χ4v) is 0.642. The van der Waals surface area contributed by atoms with Gasteiger partial charge in [0, 0.05) is 13.1 Å². The lowest BCUT2D eigenvalue weighted by Crippen LogP contribution is -2.21. The maximum Gasteiger partial charge on any atom is 0.210 e. The van der Waals surface area contributed by atoms with Gasteiger partial charge in [0.05, 0.1) is 0 Å². The Morgan fingerprint density at radius 2 is 1.55 bits per heavy atom. The quantitative estimate of drug-likeness (QED) is 0.434. The zero-order valence-electron chi connectivity index (χ0n) is 7.16. The summed E-state index contributed by atoms with van der Waals surface area (Å²) in [5, 5.41) is 0. The first-order valence-corrected chi connectivity index (χ1v) is 3.76. The number of hydrogen-bond acceptors (Lipinski definition) is 1. The van der Waals surface area contributed by atoms with Crippen molar-refractivity contribution in [3.05, 3.63) is 24.3 Å². The molecule has 0 saturated heterocycles. The van der Waals surface area contributed by atoms with E-state index >= 15 is 0 Å². The van der Waals surface area contributed by atoms with Crippen molar-refractivity contribution in [1.29, 1.82) is 0 Å². The van der Waals surface area contributed by atoms with Crippen LogP contribution in [0.5, 0.6) is 0 Å². The standard InChI is InChI=1S/C9H15NO/c1-3-5-7-10(9-11)8-6-4-2/h3-6,9H,7-8H2,1-2H3. The monoisotopic (exact) mass is 153 g/mol. The Kier molecular flexibility index (Phi) is 6.39. The summed E-state index contributed by atoms with van der Waals surface area (Å²) in [6.45, 7) is 5.28. The van der Waals surface area contributed by atoms with Crippen LogP contribution in [0.1, 0.15) is 13.8 Å². The molecule has 0 unspecified atom stereocenters. The van der Waals surface area contributed by atoms with E-state index in [9.17, 15) is 4.79 Å². The van der Waals surface area contributed by atoms with Crippen LogP contribution in [-0.2, 0) is 4.79 Å². The normalized spacial score (nSPS) is 11.1. The fourth-order valence-electron chi connectivity index (χ4n) is 0.642. The predicted octanol–water partition coefficient (Wildman–Crippen LogP) is 1.60. The lowest BCUT2D eigenvalue weighted by atomic mass is 10.4. The lowest BCUT2D eigenvalue weighted by Gasteiger charge is -2.11. The second-order valence-corrected chi connectivity index (χ2v) is 2.20. The fraction of sp³-hybridized carbons (Fsp3) is 0.444. The van der Waals surface area contributed by atoms with Crippen molar-refractivity contribution in [2.24, 2.45) is 0 Å². The summed E-state index contributed by atoms with van der Waals surface area (Å²) in [5.41, 5.74) is 0. The molecular weight excluding hydrogens is 138 g/mol. The summed E-state index contributed by atoms with van der Waals surface area (Å²) in [6, 6.07) is 0. The Morgan fingerprint density at radius 3 is 1.82 bits per heavy atom. The van der Waals surface area contributed by atoms with Gasteiger partial charge < -0.3 is 4.90 Å². The highest BCUT2D eigenvalue weighted by atomic mass is 16.1. The van der Waals surface area contributed by atoms with E-state index in [-0.39, 0.29) is 0 Å². The molecule has 1 amide bonds. The number of carbonyl (C=O) groups excluding carboxylic acids is 1. The highest BCUT2D eigenvalue weighted by Gasteiger charge is 1.92. The van der Waals surface area contributed by atoms with E-state index < -0.39 is 0 Å². The number of nitrogens with zero attached hydrogens (tertiary/aromatic N) is 1. The van der Waals surface area contributed by atoms with Gasteiger partial charge in [-0.15, -0.1) is 0 Å². The van der Waals surface area contributed by atoms with Gasteiger partial charge in [-0.25, -0.2) is 0 Å². The molecule has 0 radical (unpaired) electrons. The third-order valence-corrected chi connectivity index (χ3v) is 1.30. The van der Waals surface area contributed by atoms with Crippen LogP contribution in [0, 0.1) is 0 Å². The Balaban J connectivity index is 3.66. The van der Waals surface area contributed by atoms with Gasteiger partial charge in [0.25, 0.3) is 0 Å². The Hall–Kier alpha value is -1.05. The largest absolute Gasteiger partial charge is 0.338 e. The van der Waals surface area contributed by atoms with Crippen LogP contribution < -0.4 is 0 Å². The van der Waals surface area contributed by atoms with Crippen molar-refractivity contribution in [2.45, 2.75) is 13.8 Å². The van der Waals surface area contributed by atoms with Crippen LogP contribution in [0.2, 0.25) is 0 Å². The number of allylic oxidation sites excluding steroid dienone is 2. The summed E-state index contributed by atoms with van der Waals surface area (Å²) in [5.74, 6) is 0. The number of carbonyl (C=O) groups is 1. The molecule has 0 saturated carbocycles. The van der Waals surface area contributed by atoms with E-state index in [1.165, 1.54) is 0 Å². The Morgan fingerprint density at radius 1 is 1.09 bits per heavy atom. The third kappa shape index (κ3) is 5.40. The van der Waals surface area contributed by atoms with E-state index in [4.69, 9.17) is 0 Å². The molecule has 0 atom stereocenters. The maximum absolute atomic E-state index is 10.4. The molecule has 0 aliphatic rings. The number of amides is 1. The molecule has 0 bridgehead atoms. The summed E-state index contributed by atoms with van der Waals surface area (Å²) >= 11 is 0. The molecule has 0 aromatic carbocycles. The zero-order valence-corrected chi connectivity index (χ0v) is 7.16. The second-order valence-electron chi connectivity index (χ2n) is 2.20. The minimum atomic E-state index is 0.699. The predicted molar refractivity (Wildman–Crippen MR) is 47.3 cm³/mol. The van der Waals surface area contributed by atoms with Crippen LogP contribution >= 0.6 is 0 Å². The first-order valence-electron chi connectivity index (χ1n) is 3.76.